The van der Waals surface area contributed by atoms with Crippen LogP contribution in [0, 0.1) is 34.0 Å². The van der Waals surface area contributed by atoms with Crippen LogP contribution in [0.15, 0.2) is 30.6 Å². The molecule has 0 N–H and O–H groups in total. The molecule has 0 saturated carbocycles. The Kier molecular flexibility index (Phi) is 3.05. The summed E-state index contributed by atoms with van der Waals surface area (Å²) in [5.41, 5.74) is 1.66. The summed E-state index contributed by atoms with van der Waals surface area (Å²) >= 11 is 0. The first-order chi connectivity index (χ1) is 8.80. The zero-order chi connectivity index (χ0) is 13.0. The Morgan fingerprint density at radius 2 is 1.83 bits per heavy atom. The first-order valence-corrected chi connectivity index (χ1v) is 5.13. The minimum absolute atomic E-state index is 0.104. The topological polar surface area (TPSA) is 89.2 Å². The molecular weight excluding hydrogens is 226 g/mol. The van der Waals surface area contributed by atoms with Crippen molar-refractivity contribution in [1.82, 2.24) is 9.55 Å². The molecule has 18 heavy (non-hydrogen) atoms. The van der Waals surface area contributed by atoms with Gasteiger partial charge in [-0.15, -0.1) is 0 Å². The normalized spacial score (nSPS) is 9.17. The van der Waals surface area contributed by atoms with Crippen LogP contribution in [0.1, 0.15) is 22.5 Å². The molecule has 0 saturated heterocycles. The molecule has 2 aromatic rings. The minimum atomic E-state index is 0.104. The number of hydrogen-bond acceptors (Lipinski definition) is 4. The van der Waals surface area contributed by atoms with Crippen LogP contribution in [0.25, 0.3) is 0 Å². The zero-order valence-corrected chi connectivity index (χ0v) is 9.33. The van der Waals surface area contributed by atoms with Crippen molar-refractivity contribution in [3.8, 4) is 18.2 Å². The van der Waals surface area contributed by atoms with Gasteiger partial charge in [0, 0.05) is 0 Å². The highest BCUT2D eigenvalue weighted by atomic mass is 15.1. The predicted octanol–water partition coefficient (Wildman–Crippen LogP) is 1.55. The van der Waals surface area contributed by atoms with Crippen LogP contribution in [0.2, 0.25) is 0 Å². The Morgan fingerprint density at radius 1 is 1.06 bits per heavy atom. The Morgan fingerprint density at radius 3 is 2.50 bits per heavy atom. The fourth-order valence-electron chi connectivity index (χ4n) is 1.65. The van der Waals surface area contributed by atoms with Crippen LogP contribution in [-0.2, 0) is 6.54 Å². The molecule has 1 aromatic heterocycles. The predicted molar refractivity (Wildman–Crippen MR) is 61.9 cm³/mol. The number of nitriles is 3. The van der Waals surface area contributed by atoms with E-state index in [1.807, 2.05) is 24.3 Å². The average molecular weight is 233 g/mol. The van der Waals surface area contributed by atoms with E-state index in [9.17, 15) is 0 Å². The Balaban J connectivity index is 2.42. The number of hydrogen-bond donors (Lipinski definition) is 0. The second kappa shape index (κ2) is 4.82. The monoisotopic (exact) mass is 233 g/mol. The summed E-state index contributed by atoms with van der Waals surface area (Å²) in [4.78, 5) is 3.85. The van der Waals surface area contributed by atoms with E-state index in [0.717, 1.165) is 5.56 Å². The van der Waals surface area contributed by atoms with Crippen LogP contribution < -0.4 is 0 Å². The van der Waals surface area contributed by atoms with Gasteiger partial charge in [-0.2, -0.15) is 15.8 Å². The summed E-state index contributed by atoms with van der Waals surface area (Å²) in [5.74, 6) is 0. The van der Waals surface area contributed by atoms with Crippen LogP contribution in [0.4, 0.5) is 0 Å². The highest BCUT2D eigenvalue weighted by molar-refractivity contribution is 5.40. The first kappa shape index (κ1) is 11.4. The van der Waals surface area contributed by atoms with E-state index >= 15 is 0 Å². The minimum Gasteiger partial charge on any atom is -0.317 e. The molecule has 0 aliphatic carbocycles. The number of nitrogens with zero attached hydrogens (tertiary/aromatic N) is 5. The second-order valence-corrected chi connectivity index (χ2v) is 3.56. The summed E-state index contributed by atoms with van der Waals surface area (Å²) in [7, 11) is 0. The molecule has 0 fully saturated rings. The van der Waals surface area contributed by atoms with Gasteiger partial charge in [0.15, 0.2) is 11.4 Å². The van der Waals surface area contributed by atoms with Gasteiger partial charge in [-0.3, -0.25) is 0 Å². The highest BCUT2D eigenvalue weighted by Crippen LogP contribution is 2.12. The van der Waals surface area contributed by atoms with E-state index in [2.05, 4.69) is 11.1 Å². The van der Waals surface area contributed by atoms with Gasteiger partial charge in [0.05, 0.1) is 24.5 Å². The molecule has 0 aliphatic heterocycles. The van der Waals surface area contributed by atoms with Gasteiger partial charge in [-0.1, -0.05) is 18.2 Å². The van der Waals surface area contributed by atoms with Gasteiger partial charge in [0.25, 0.3) is 0 Å². The molecule has 0 spiro atoms. The molecule has 1 aromatic carbocycles. The molecule has 0 amide bonds. The van der Waals surface area contributed by atoms with Crippen molar-refractivity contribution >= 4 is 0 Å². The van der Waals surface area contributed by atoms with Crippen molar-refractivity contribution in [3.05, 3.63) is 53.1 Å². The maximum atomic E-state index is 9.00. The Labute approximate surface area is 104 Å². The van der Waals surface area contributed by atoms with Crippen LogP contribution in [0.5, 0.6) is 0 Å². The first-order valence-electron chi connectivity index (χ1n) is 5.13. The SMILES string of the molecule is N#Cc1ccccc1Cn1cnc(C#N)c1C#N. The average Bonchev–Trinajstić information content (AvgIpc) is 2.81. The molecular formula is C13H7N5. The standard InChI is InChI=1S/C13H7N5/c14-5-10-3-1-2-4-11(10)8-18-9-17-12(6-15)13(18)7-16/h1-4,9H,8H2. The molecule has 5 heteroatoms. The molecule has 0 aliphatic rings. The smallest absolute Gasteiger partial charge is 0.176 e. The van der Waals surface area contributed by atoms with Crippen molar-refractivity contribution in [3.63, 3.8) is 0 Å². The van der Waals surface area contributed by atoms with E-state index in [1.54, 1.807) is 16.7 Å². The maximum absolute atomic E-state index is 9.00. The lowest BCUT2D eigenvalue weighted by molar-refractivity contribution is 0.783. The van der Waals surface area contributed by atoms with Gasteiger partial charge >= 0.3 is 0 Å². The summed E-state index contributed by atoms with van der Waals surface area (Å²) < 4.78 is 1.56. The van der Waals surface area contributed by atoms with E-state index in [4.69, 9.17) is 15.8 Å². The van der Waals surface area contributed by atoms with E-state index < -0.39 is 0 Å². The number of imidazole rings is 1. The van der Waals surface area contributed by atoms with Crippen molar-refractivity contribution in [2.24, 2.45) is 0 Å². The molecule has 0 atom stereocenters. The number of rotatable bonds is 2. The van der Waals surface area contributed by atoms with Gasteiger partial charge in [-0.05, 0) is 11.6 Å². The Hall–Kier alpha value is -3.10. The van der Waals surface area contributed by atoms with E-state index in [0.29, 0.717) is 12.1 Å². The summed E-state index contributed by atoms with van der Waals surface area (Å²) in [6.07, 6.45) is 1.44. The van der Waals surface area contributed by atoms with Crippen LogP contribution in [0.3, 0.4) is 0 Å². The fourth-order valence-corrected chi connectivity index (χ4v) is 1.65. The summed E-state index contributed by atoms with van der Waals surface area (Å²) in [6, 6.07) is 13.0. The molecule has 1 heterocycles. The van der Waals surface area contributed by atoms with Gasteiger partial charge in [0.2, 0.25) is 0 Å². The fraction of sp³-hybridized carbons (Fsp3) is 0.0769. The van der Waals surface area contributed by atoms with Gasteiger partial charge in [0.1, 0.15) is 12.1 Å². The summed E-state index contributed by atoms with van der Waals surface area (Å²) in [5, 5.41) is 26.8. The van der Waals surface area contributed by atoms with Gasteiger partial charge < -0.3 is 4.57 Å². The lowest BCUT2D eigenvalue weighted by atomic mass is 10.1. The van der Waals surface area contributed by atoms with Crippen molar-refractivity contribution in [1.29, 1.82) is 15.8 Å². The van der Waals surface area contributed by atoms with Crippen LogP contribution in [-0.4, -0.2) is 9.55 Å². The molecule has 2 rings (SSSR count). The number of benzene rings is 1. The zero-order valence-electron chi connectivity index (χ0n) is 9.33. The third-order valence-corrected chi connectivity index (χ3v) is 2.53. The van der Waals surface area contributed by atoms with Crippen molar-refractivity contribution in [2.75, 3.05) is 0 Å². The van der Waals surface area contributed by atoms with E-state index in [-0.39, 0.29) is 11.4 Å². The van der Waals surface area contributed by atoms with Gasteiger partial charge in [-0.25, -0.2) is 4.98 Å². The van der Waals surface area contributed by atoms with Crippen LogP contribution >= 0.6 is 0 Å². The largest absolute Gasteiger partial charge is 0.317 e. The molecule has 5 nitrogen and oxygen atoms in total. The quantitative estimate of drug-likeness (QED) is 0.786. The molecule has 0 radical (unpaired) electrons. The number of aromatic nitrogens is 2. The third kappa shape index (κ3) is 1.91. The second-order valence-electron chi connectivity index (χ2n) is 3.56. The highest BCUT2D eigenvalue weighted by Gasteiger charge is 2.11. The molecule has 84 valence electrons. The maximum Gasteiger partial charge on any atom is 0.176 e. The van der Waals surface area contributed by atoms with Crippen molar-refractivity contribution < 1.29 is 0 Å². The molecule has 0 unspecified atom stereocenters. The molecule has 0 bridgehead atoms. The van der Waals surface area contributed by atoms with E-state index in [1.165, 1.54) is 6.33 Å². The Bertz CT molecular complexity index is 706. The lowest BCUT2D eigenvalue weighted by Crippen LogP contribution is -2.03. The lowest BCUT2D eigenvalue weighted by Gasteiger charge is -2.05. The third-order valence-electron chi connectivity index (χ3n) is 2.53. The summed E-state index contributed by atoms with van der Waals surface area (Å²) in [6.45, 7) is 0.349. The van der Waals surface area contributed by atoms with Crippen molar-refractivity contribution in [2.45, 2.75) is 6.54 Å².